The molecule has 170 valence electrons. The van der Waals surface area contributed by atoms with Gasteiger partial charge in [-0.2, -0.15) is 0 Å². The zero-order valence-electron chi connectivity index (χ0n) is 19.2. The molecule has 2 amide bonds. The second kappa shape index (κ2) is 9.36. The van der Waals surface area contributed by atoms with Crippen molar-refractivity contribution in [3.63, 3.8) is 0 Å². The highest BCUT2D eigenvalue weighted by atomic mass is 16.2. The lowest BCUT2D eigenvalue weighted by molar-refractivity contribution is -0.142. The summed E-state index contributed by atoms with van der Waals surface area (Å²) in [6.45, 7) is 3.76. The lowest BCUT2D eigenvalue weighted by atomic mass is 9.92. The van der Waals surface area contributed by atoms with Crippen LogP contribution in [0.5, 0.6) is 0 Å². The molecule has 0 aliphatic carbocycles. The number of hydrogen-bond donors (Lipinski definition) is 0. The molecule has 2 fully saturated rings. The van der Waals surface area contributed by atoms with Gasteiger partial charge in [0.1, 0.15) is 0 Å². The Kier molecular flexibility index (Phi) is 6.14. The number of likely N-dealkylation sites (N-methyl/N-ethyl adjacent to an activating group) is 1. The highest BCUT2D eigenvalue weighted by molar-refractivity contribution is 6.07. The number of piperidine rings is 1. The van der Waals surface area contributed by atoms with E-state index in [0.29, 0.717) is 13.1 Å². The van der Waals surface area contributed by atoms with Gasteiger partial charge in [-0.15, -0.1) is 0 Å². The summed E-state index contributed by atoms with van der Waals surface area (Å²) in [6, 6.07) is 24.4. The third-order valence-electron chi connectivity index (χ3n) is 7.20. The molecule has 0 N–H and O–H groups in total. The molecule has 5 rings (SSSR count). The van der Waals surface area contributed by atoms with Crippen LogP contribution in [0, 0.1) is 5.92 Å². The van der Waals surface area contributed by atoms with E-state index in [9.17, 15) is 9.59 Å². The van der Waals surface area contributed by atoms with Crippen LogP contribution in [0.3, 0.4) is 0 Å². The van der Waals surface area contributed by atoms with Gasteiger partial charge in [-0.25, -0.2) is 0 Å². The first-order valence-corrected chi connectivity index (χ1v) is 11.9. The number of fused-ring (bicyclic) bond motifs is 1. The predicted octanol–water partition coefficient (Wildman–Crippen LogP) is 4.21. The van der Waals surface area contributed by atoms with Crippen LogP contribution in [0.4, 0.5) is 0 Å². The topological polar surface area (TPSA) is 43.9 Å². The highest BCUT2D eigenvalue weighted by Crippen LogP contribution is 2.30. The second-order valence-electron chi connectivity index (χ2n) is 9.31. The Hall–Kier alpha value is -3.18. The van der Waals surface area contributed by atoms with E-state index in [1.54, 1.807) is 0 Å². The van der Waals surface area contributed by atoms with Crippen molar-refractivity contribution >= 4 is 22.6 Å². The fourth-order valence-corrected chi connectivity index (χ4v) is 5.29. The minimum Gasteiger partial charge on any atom is -0.339 e. The van der Waals surface area contributed by atoms with Crippen LogP contribution in [-0.4, -0.2) is 66.3 Å². The summed E-state index contributed by atoms with van der Waals surface area (Å²) >= 11 is 0. The zero-order valence-corrected chi connectivity index (χ0v) is 19.2. The van der Waals surface area contributed by atoms with E-state index in [0.717, 1.165) is 48.8 Å². The SMILES string of the molecule is CN1CCN(C(=O)C2CCN(C(=O)c3cccc4ccccc34)CC2)C(c2ccccc2)C1. The molecule has 33 heavy (non-hydrogen) atoms. The summed E-state index contributed by atoms with van der Waals surface area (Å²) in [4.78, 5) is 33.2. The van der Waals surface area contributed by atoms with E-state index in [2.05, 4.69) is 29.0 Å². The first-order valence-electron chi connectivity index (χ1n) is 11.9. The third-order valence-corrected chi connectivity index (χ3v) is 7.20. The summed E-state index contributed by atoms with van der Waals surface area (Å²) in [5.74, 6) is 0.296. The number of benzene rings is 3. The maximum atomic E-state index is 13.6. The van der Waals surface area contributed by atoms with Gasteiger partial charge in [-0.1, -0.05) is 66.7 Å². The second-order valence-corrected chi connectivity index (χ2v) is 9.31. The number of amides is 2. The molecule has 1 unspecified atom stereocenters. The standard InChI is InChI=1S/C28H31N3O2/c1-29-18-19-31(26(20-29)22-9-3-2-4-10-22)27(32)23-14-16-30(17-15-23)28(33)25-13-7-11-21-8-5-6-12-24(21)25/h2-13,23,26H,14-20H2,1H3. The van der Waals surface area contributed by atoms with Crippen LogP contribution in [0.25, 0.3) is 10.8 Å². The molecule has 0 bridgehead atoms. The summed E-state index contributed by atoms with van der Waals surface area (Å²) < 4.78 is 0. The van der Waals surface area contributed by atoms with E-state index < -0.39 is 0 Å². The number of likely N-dealkylation sites (tertiary alicyclic amines) is 1. The molecular formula is C28H31N3O2. The first kappa shape index (κ1) is 21.7. The Morgan fingerprint density at radius 1 is 0.788 bits per heavy atom. The molecule has 5 nitrogen and oxygen atoms in total. The maximum absolute atomic E-state index is 13.6. The maximum Gasteiger partial charge on any atom is 0.254 e. The summed E-state index contributed by atoms with van der Waals surface area (Å²) in [5.41, 5.74) is 1.95. The van der Waals surface area contributed by atoms with Gasteiger partial charge in [0.15, 0.2) is 0 Å². The average molecular weight is 442 g/mol. The smallest absolute Gasteiger partial charge is 0.254 e. The molecule has 0 aromatic heterocycles. The van der Waals surface area contributed by atoms with E-state index in [1.165, 1.54) is 5.56 Å². The monoisotopic (exact) mass is 441 g/mol. The fraction of sp³-hybridized carbons (Fsp3) is 0.357. The molecule has 0 radical (unpaired) electrons. The number of carbonyl (C=O) groups is 2. The number of nitrogens with zero attached hydrogens (tertiary/aromatic N) is 3. The van der Waals surface area contributed by atoms with Crippen molar-refractivity contribution < 1.29 is 9.59 Å². The summed E-state index contributed by atoms with van der Waals surface area (Å²) in [7, 11) is 2.12. The number of hydrogen-bond acceptors (Lipinski definition) is 3. The molecule has 0 saturated carbocycles. The van der Waals surface area contributed by atoms with Crippen molar-refractivity contribution in [1.82, 2.24) is 14.7 Å². The van der Waals surface area contributed by atoms with E-state index >= 15 is 0 Å². The van der Waals surface area contributed by atoms with Crippen molar-refractivity contribution in [2.45, 2.75) is 18.9 Å². The van der Waals surface area contributed by atoms with Gasteiger partial charge >= 0.3 is 0 Å². The first-order chi connectivity index (χ1) is 16.1. The Bertz CT molecular complexity index is 1130. The molecule has 2 heterocycles. The quantitative estimate of drug-likeness (QED) is 0.612. The van der Waals surface area contributed by atoms with Crippen LogP contribution in [0.2, 0.25) is 0 Å². The van der Waals surface area contributed by atoms with Crippen LogP contribution >= 0.6 is 0 Å². The van der Waals surface area contributed by atoms with Crippen molar-refractivity contribution in [3.05, 3.63) is 83.9 Å². The van der Waals surface area contributed by atoms with Gasteiger partial charge in [0.2, 0.25) is 5.91 Å². The molecule has 2 saturated heterocycles. The lowest BCUT2D eigenvalue weighted by Crippen LogP contribution is -2.52. The Labute approximate surface area is 195 Å². The average Bonchev–Trinajstić information content (AvgIpc) is 2.88. The molecule has 2 aliphatic rings. The Balaban J connectivity index is 1.27. The van der Waals surface area contributed by atoms with Crippen molar-refractivity contribution in [2.75, 3.05) is 39.8 Å². The van der Waals surface area contributed by atoms with Gasteiger partial charge in [0, 0.05) is 44.2 Å². The fourth-order valence-electron chi connectivity index (χ4n) is 5.29. The van der Waals surface area contributed by atoms with Crippen molar-refractivity contribution in [2.24, 2.45) is 5.92 Å². The van der Waals surface area contributed by atoms with Crippen molar-refractivity contribution in [1.29, 1.82) is 0 Å². The summed E-state index contributed by atoms with van der Waals surface area (Å²) in [5, 5.41) is 2.07. The Morgan fingerprint density at radius 2 is 1.48 bits per heavy atom. The number of piperazine rings is 1. The lowest BCUT2D eigenvalue weighted by Gasteiger charge is -2.43. The van der Waals surface area contributed by atoms with E-state index in [4.69, 9.17) is 0 Å². The van der Waals surface area contributed by atoms with Gasteiger partial charge < -0.3 is 14.7 Å². The zero-order chi connectivity index (χ0) is 22.8. The molecule has 2 aliphatic heterocycles. The molecular weight excluding hydrogens is 410 g/mol. The summed E-state index contributed by atoms with van der Waals surface area (Å²) in [6.07, 6.45) is 1.45. The highest BCUT2D eigenvalue weighted by Gasteiger charge is 2.36. The van der Waals surface area contributed by atoms with Crippen molar-refractivity contribution in [3.8, 4) is 0 Å². The molecule has 3 aromatic rings. The van der Waals surface area contributed by atoms with E-state index in [1.807, 2.05) is 65.6 Å². The van der Waals surface area contributed by atoms with E-state index in [-0.39, 0.29) is 23.8 Å². The third kappa shape index (κ3) is 4.38. The normalized spacial score (nSPS) is 20.2. The molecule has 1 atom stereocenters. The van der Waals surface area contributed by atoms with Gasteiger partial charge in [-0.3, -0.25) is 9.59 Å². The van der Waals surface area contributed by atoms with Crippen LogP contribution in [-0.2, 0) is 4.79 Å². The predicted molar refractivity (Wildman–Crippen MR) is 131 cm³/mol. The minimum atomic E-state index is -0.0174. The van der Waals surface area contributed by atoms with Crippen LogP contribution in [0.15, 0.2) is 72.8 Å². The van der Waals surface area contributed by atoms with Gasteiger partial charge in [0.05, 0.1) is 6.04 Å². The van der Waals surface area contributed by atoms with Gasteiger partial charge in [0.25, 0.3) is 5.91 Å². The number of rotatable bonds is 3. The largest absolute Gasteiger partial charge is 0.339 e. The van der Waals surface area contributed by atoms with Gasteiger partial charge in [-0.05, 0) is 42.3 Å². The van der Waals surface area contributed by atoms with Crippen LogP contribution in [0.1, 0.15) is 34.8 Å². The molecule has 5 heteroatoms. The Morgan fingerprint density at radius 3 is 2.27 bits per heavy atom. The molecule has 3 aromatic carbocycles. The number of carbonyl (C=O) groups excluding carboxylic acids is 2. The van der Waals surface area contributed by atoms with Crippen LogP contribution < -0.4 is 0 Å². The molecule has 0 spiro atoms. The minimum absolute atomic E-state index is 0.0174.